The fourth-order valence-corrected chi connectivity index (χ4v) is 4.22. The third kappa shape index (κ3) is 4.73. The normalized spacial score (nSPS) is 30.8. The van der Waals surface area contributed by atoms with Crippen LogP contribution in [0.15, 0.2) is 36.1 Å². The number of aliphatic carboxylic acids is 1. The largest absolute Gasteiger partial charge is 0.512 e. The maximum absolute atomic E-state index is 10.9. The van der Waals surface area contributed by atoms with Gasteiger partial charge in [0.1, 0.15) is 0 Å². The molecular formula is C20H30O4. The smallest absolute Gasteiger partial charge is 0.307 e. The molecule has 4 heteroatoms. The van der Waals surface area contributed by atoms with Crippen molar-refractivity contribution in [2.75, 3.05) is 0 Å². The van der Waals surface area contributed by atoms with Gasteiger partial charge < -0.3 is 15.3 Å². The van der Waals surface area contributed by atoms with E-state index in [4.69, 9.17) is 5.11 Å². The van der Waals surface area contributed by atoms with E-state index in [0.717, 1.165) is 31.3 Å². The molecule has 3 N–H and O–H groups in total. The molecule has 1 unspecified atom stereocenters. The first-order chi connectivity index (χ1) is 11.4. The zero-order valence-electron chi connectivity index (χ0n) is 14.5. The second-order valence-corrected chi connectivity index (χ2v) is 7.45. The summed E-state index contributed by atoms with van der Waals surface area (Å²) >= 11 is 0. The Hall–Kier alpha value is -1.55. The van der Waals surface area contributed by atoms with Gasteiger partial charge in [0, 0.05) is 5.92 Å². The summed E-state index contributed by atoms with van der Waals surface area (Å²) in [5.41, 5.74) is 0.931. The number of fused-ring (bicyclic) bond motifs is 1. The van der Waals surface area contributed by atoms with Crippen molar-refractivity contribution in [1.29, 1.82) is 0 Å². The lowest BCUT2D eigenvalue weighted by Crippen LogP contribution is -2.22. The van der Waals surface area contributed by atoms with Gasteiger partial charge in [-0.3, -0.25) is 4.79 Å². The molecule has 1 fully saturated rings. The highest BCUT2D eigenvalue weighted by atomic mass is 16.4. The second-order valence-electron chi connectivity index (χ2n) is 7.45. The van der Waals surface area contributed by atoms with Crippen molar-refractivity contribution in [3.63, 3.8) is 0 Å². The lowest BCUT2D eigenvalue weighted by Gasteiger charge is -2.21. The van der Waals surface area contributed by atoms with Crippen molar-refractivity contribution >= 4 is 5.97 Å². The zero-order valence-corrected chi connectivity index (χ0v) is 14.5. The van der Waals surface area contributed by atoms with Gasteiger partial charge in [0.2, 0.25) is 0 Å². The summed E-state index contributed by atoms with van der Waals surface area (Å²) in [5, 5.41) is 29.8. The number of rotatable bonds is 9. The average Bonchev–Trinajstić information content (AvgIpc) is 2.99. The van der Waals surface area contributed by atoms with Crippen LogP contribution >= 0.6 is 0 Å². The lowest BCUT2D eigenvalue weighted by atomic mass is 9.87. The number of carboxylic acid groups (broad SMARTS) is 1. The number of hydrogen-bond acceptors (Lipinski definition) is 3. The number of aliphatic hydroxyl groups excluding tert-OH is 2. The first-order valence-corrected chi connectivity index (χ1v) is 9.01. The average molecular weight is 334 g/mol. The standard InChI is InChI=1S/C20H30O4/c1-3-4-5-6-13(2)7-8-17(21)20-16-10-14(11-19(23)24)9-15(16)12-18(20)22/h3,8-9,13,15-16,18,20-22H,1,4-7,10-12H2,2H3,(H,23,24)/t13?,15-,16-,18-,20+/m1/s1. The Bertz CT molecular complexity index is 520. The molecule has 134 valence electrons. The van der Waals surface area contributed by atoms with E-state index in [1.807, 2.05) is 18.2 Å². The van der Waals surface area contributed by atoms with Gasteiger partial charge in [-0.1, -0.05) is 31.1 Å². The van der Waals surface area contributed by atoms with Gasteiger partial charge in [0.15, 0.2) is 0 Å². The summed E-state index contributed by atoms with van der Waals surface area (Å²) in [6.45, 7) is 5.90. The van der Waals surface area contributed by atoms with Crippen molar-refractivity contribution in [1.82, 2.24) is 0 Å². The number of allylic oxidation sites excluding steroid dienone is 3. The van der Waals surface area contributed by atoms with Crippen LogP contribution in [0.5, 0.6) is 0 Å². The fourth-order valence-electron chi connectivity index (χ4n) is 4.22. The van der Waals surface area contributed by atoms with E-state index >= 15 is 0 Å². The van der Waals surface area contributed by atoms with Crippen LogP contribution in [-0.4, -0.2) is 27.4 Å². The molecule has 2 rings (SSSR count). The monoisotopic (exact) mass is 334 g/mol. The first kappa shape index (κ1) is 18.8. The molecule has 4 nitrogen and oxygen atoms in total. The lowest BCUT2D eigenvalue weighted by molar-refractivity contribution is -0.136. The third-order valence-electron chi connectivity index (χ3n) is 5.44. The van der Waals surface area contributed by atoms with E-state index < -0.39 is 12.1 Å². The Labute approximate surface area is 144 Å². The zero-order chi connectivity index (χ0) is 17.7. The summed E-state index contributed by atoms with van der Waals surface area (Å²) in [7, 11) is 0. The van der Waals surface area contributed by atoms with Crippen molar-refractivity contribution in [3.05, 3.63) is 36.1 Å². The third-order valence-corrected chi connectivity index (χ3v) is 5.44. The van der Waals surface area contributed by atoms with E-state index in [1.165, 1.54) is 0 Å². The van der Waals surface area contributed by atoms with E-state index in [9.17, 15) is 15.0 Å². The Balaban J connectivity index is 1.92. The molecule has 0 bridgehead atoms. The van der Waals surface area contributed by atoms with E-state index in [-0.39, 0.29) is 29.9 Å². The second kappa shape index (κ2) is 8.52. The summed E-state index contributed by atoms with van der Waals surface area (Å²) in [4.78, 5) is 10.9. The molecule has 0 heterocycles. The SMILES string of the molecule is C=CCCCC(C)CC=C(O)[C@@H]1[C@@H]2CC(CC(=O)O)=C[C@@H]2C[C@H]1O. The van der Waals surface area contributed by atoms with Gasteiger partial charge in [0.05, 0.1) is 18.3 Å². The number of aliphatic hydroxyl groups is 2. The summed E-state index contributed by atoms with van der Waals surface area (Å²) in [6, 6.07) is 0. The van der Waals surface area contributed by atoms with Crippen LogP contribution in [0, 0.1) is 23.7 Å². The molecule has 0 radical (unpaired) electrons. The van der Waals surface area contributed by atoms with E-state index in [0.29, 0.717) is 18.8 Å². The molecule has 0 saturated heterocycles. The van der Waals surface area contributed by atoms with Crippen molar-refractivity contribution in [3.8, 4) is 0 Å². The number of carbonyl (C=O) groups is 1. The van der Waals surface area contributed by atoms with Gasteiger partial charge in [-0.25, -0.2) is 0 Å². The topological polar surface area (TPSA) is 77.8 Å². The van der Waals surface area contributed by atoms with Gasteiger partial charge in [-0.2, -0.15) is 0 Å². The van der Waals surface area contributed by atoms with Crippen LogP contribution < -0.4 is 0 Å². The Morgan fingerprint density at radius 2 is 2.21 bits per heavy atom. The van der Waals surface area contributed by atoms with E-state index in [1.54, 1.807) is 0 Å². The van der Waals surface area contributed by atoms with Crippen LogP contribution in [0.1, 0.15) is 51.9 Å². The summed E-state index contributed by atoms with van der Waals surface area (Å²) in [6.07, 6.45) is 10.7. The molecule has 5 atom stereocenters. The Kier molecular flexibility index (Phi) is 6.67. The Morgan fingerprint density at radius 3 is 2.88 bits per heavy atom. The van der Waals surface area contributed by atoms with Crippen LogP contribution in [0.25, 0.3) is 0 Å². The maximum Gasteiger partial charge on any atom is 0.307 e. The van der Waals surface area contributed by atoms with Crippen LogP contribution in [0.2, 0.25) is 0 Å². The van der Waals surface area contributed by atoms with Gasteiger partial charge in [0.25, 0.3) is 0 Å². The molecule has 0 aromatic carbocycles. The molecule has 2 aliphatic carbocycles. The minimum Gasteiger partial charge on any atom is -0.512 e. The molecule has 24 heavy (non-hydrogen) atoms. The predicted molar refractivity (Wildman–Crippen MR) is 94.6 cm³/mol. The van der Waals surface area contributed by atoms with Crippen LogP contribution in [0.4, 0.5) is 0 Å². The molecule has 2 aliphatic rings. The molecule has 0 aromatic rings. The maximum atomic E-state index is 10.9. The molecule has 0 aliphatic heterocycles. The fraction of sp³-hybridized carbons (Fsp3) is 0.650. The highest BCUT2D eigenvalue weighted by molar-refractivity contribution is 5.70. The van der Waals surface area contributed by atoms with Crippen LogP contribution in [0.3, 0.4) is 0 Å². The summed E-state index contributed by atoms with van der Waals surface area (Å²) in [5.74, 6) is 0.0483. The number of hydrogen-bond donors (Lipinski definition) is 3. The van der Waals surface area contributed by atoms with E-state index in [2.05, 4.69) is 13.5 Å². The van der Waals surface area contributed by atoms with Gasteiger partial charge in [-0.15, -0.1) is 6.58 Å². The van der Waals surface area contributed by atoms with Gasteiger partial charge in [-0.05, 0) is 55.9 Å². The molecule has 0 spiro atoms. The van der Waals surface area contributed by atoms with Crippen molar-refractivity contribution in [2.45, 2.75) is 58.0 Å². The number of carboxylic acids is 1. The van der Waals surface area contributed by atoms with Crippen molar-refractivity contribution in [2.24, 2.45) is 23.7 Å². The number of unbranched alkanes of at least 4 members (excludes halogenated alkanes) is 1. The molecule has 0 aromatic heterocycles. The minimum absolute atomic E-state index is 0.0701. The van der Waals surface area contributed by atoms with Crippen molar-refractivity contribution < 1.29 is 20.1 Å². The minimum atomic E-state index is -0.813. The predicted octanol–water partition coefficient (Wildman–Crippen LogP) is 4.23. The first-order valence-electron chi connectivity index (χ1n) is 9.01. The quantitative estimate of drug-likeness (QED) is 0.335. The highest BCUT2D eigenvalue weighted by Crippen LogP contribution is 2.49. The Morgan fingerprint density at radius 1 is 1.46 bits per heavy atom. The summed E-state index contributed by atoms with van der Waals surface area (Å²) < 4.78 is 0. The highest BCUT2D eigenvalue weighted by Gasteiger charge is 2.46. The molecular weight excluding hydrogens is 304 g/mol. The molecule has 1 saturated carbocycles. The molecule has 0 amide bonds. The van der Waals surface area contributed by atoms with Crippen LogP contribution in [-0.2, 0) is 4.79 Å². The van der Waals surface area contributed by atoms with Gasteiger partial charge >= 0.3 is 5.97 Å².